The predicted molar refractivity (Wildman–Crippen MR) is 90.9 cm³/mol. The maximum Gasteiger partial charge on any atom is 0.155 e. The summed E-state index contributed by atoms with van der Waals surface area (Å²) in [5.41, 5.74) is 2.96. The fourth-order valence-corrected chi connectivity index (χ4v) is 6.41. The fraction of sp³-hybridized carbons (Fsp3) is 0.714. The van der Waals surface area contributed by atoms with Crippen LogP contribution in [0, 0.1) is 28.6 Å². The van der Waals surface area contributed by atoms with Crippen molar-refractivity contribution in [2.45, 2.75) is 65.7 Å². The summed E-state index contributed by atoms with van der Waals surface area (Å²) in [6.45, 7) is 6.51. The first-order valence-corrected chi connectivity index (χ1v) is 9.30. The van der Waals surface area contributed by atoms with E-state index in [0.717, 1.165) is 37.2 Å². The van der Waals surface area contributed by atoms with E-state index in [1.807, 2.05) is 6.08 Å². The Balaban J connectivity index is 1.67. The van der Waals surface area contributed by atoms with Crippen LogP contribution in [0.4, 0.5) is 0 Å². The second-order valence-electron chi connectivity index (χ2n) is 8.94. The number of allylic oxidation sites excluding steroid dienone is 4. The van der Waals surface area contributed by atoms with Gasteiger partial charge in [-0.1, -0.05) is 25.5 Å². The van der Waals surface area contributed by atoms with Gasteiger partial charge in [0.25, 0.3) is 0 Å². The second kappa shape index (κ2) is 4.91. The molecule has 2 saturated carbocycles. The molecule has 3 unspecified atom stereocenters. The summed E-state index contributed by atoms with van der Waals surface area (Å²) in [4.78, 5) is 23.8. The molecule has 0 amide bonds. The monoisotopic (exact) mass is 312 g/mol. The molecule has 0 aliphatic heterocycles. The molecule has 0 aromatic carbocycles. The van der Waals surface area contributed by atoms with E-state index in [9.17, 15) is 9.59 Å². The molecule has 23 heavy (non-hydrogen) atoms. The predicted octanol–water partition coefficient (Wildman–Crippen LogP) is 4.64. The van der Waals surface area contributed by atoms with Crippen LogP contribution in [0.5, 0.6) is 0 Å². The van der Waals surface area contributed by atoms with Crippen molar-refractivity contribution < 1.29 is 9.59 Å². The highest BCUT2D eigenvalue weighted by atomic mass is 16.1. The minimum Gasteiger partial charge on any atom is -0.295 e. The van der Waals surface area contributed by atoms with Crippen molar-refractivity contribution in [1.29, 1.82) is 0 Å². The molecule has 5 atom stereocenters. The summed E-state index contributed by atoms with van der Waals surface area (Å²) in [5, 5.41) is 0. The Hall–Kier alpha value is -1.18. The van der Waals surface area contributed by atoms with Gasteiger partial charge >= 0.3 is 0 Å². The molecule has 0 spiro atoms. The van der Waals surface area contributed by atoms with Gasteiger partial charge in [-0.15, -0.1) is 0 Å². The number of rotatable bonds is 1. The minimum absolute atomic E-state index is 0.226. The van der Waals surface area contributed by atoms with E-state index in [1.165, 1.54) is 24.8 Å². The highest BCUT2D eigenvalue weighted by Gasteiger charge is 2.56. The minimum atomic E-state index is 0.226. The molecule has 2 heteroatoms. The summed E-state index contributed by atoms with van der Waals surface area (Å²) in [5.74, 6) is 2.66. The third kappa shape index (κ3) is 2.13. The molecule has 124 valence electrons. The second-order valence-corrected chi connectivity index (χ2v) is 8.94. The zero-order chi connectivity index (χ0) is 16.4. The van der Waals surface area contributed by atoms with Gasteiger partial charge in [-0.05, 0) is 85.7 Å². The zero-order valence-electron chi connectivity index (χ0n) is 14.7. The smallest absolute Gasteiger partial charge is 0.155 e. The van der Waals surface area contributed by atoms with Gasteiger partial charge < -0.3 is 0 Å². The molecule has 0 aromatic heterocycles. The number of ketones is 2. The van der Waals surface area contributed by atoms with E-state index in [-0.39, 0.29) is 16.6 Å². The highest BCUT2D eigenvalue weighted by molar-refractivity contribution is 5.94. The molecular weight excluding hydrogens is 284 g/mol. The molecule has 0 N–H and O–H groups in total. The lowest BCUT2D eigenvalue weighted by atomic mass is 9.47. The molecule has 4 aliphatic carbocycles. The van der Waals surface area contributed by atoms with Crippen LogP contribution in [0.25, 0.3) is 0 Å². The largest absolute Gasteiger partial charge is 0.295 e. The van der Waals surface area contributed by atoms with Crippen LogP contribution in [0.3, 0.4) is 0 Å². The fourth-order valence-electron chi connectivity index (χ4n) is 6.41. The van der Waals surface area contributed by atoms with Crippen molar-refractivity contribution in [1.82, 2.24) is 0 Å². The standard InChI is InChI=1S/C21H28O2/c1-13(22)14-10-19-17-5-4-15-11-16(23)6-9-21(15,3)18(17)7-8-20(19,2)12-14/h11-12,17-19H,4-10H2,1-3H3/t17?,18?,19?,20-,21+/m1/s1. The molecular formula is C21H28O2. The van der Waals surface area contributed by atoms with Crippen LogP contribution in [0.1, 0.15) is 65.7 Å². The number of Topliss-reactive ketones (excluding diaryl/α,β-unsaturated/α-hetero) is 1. The van der Waals surface area contributed by atoms with Crippen LogP contribution in [-0.2, 0) is 9.59 Å². The van der Waals surface area contributed by atoms with Gasteiger partial charge in [0.15, 0.2) is 11.6 Å². The van der Waals surface area contributed by atoms with Gasteiger partial charge in [0.1, 0.15) is 0 Å². The quantitative estimate of drug-likeness (QED) is 0.706. The van der Waals surface area contributed by atoms with Crippen molar-refractivity contribution in [3.63, 3.8) is 0 Å². The Labute approximate surface area is 139 Å². The van der Waals surface area contributed by atoms with E-state index < -0.39 is 0 Å². The maximum absolute atomic E-state index is 11.9. The van der Waals surface area contributed by atoms with Crippen LogP contribution < -0.4 is 0 Å². The van der Waals surface area contributed by atoms with Gasteiger partial charge in [-0.25, -0.2) is 0 Å². The Morgan fingerprint density at radius 3 is 2.65 bits per heavy atom. The Morgan fingerprint density at radius 2 is 1.91 bits per heavy atom. The van der Waals surface area contributed by atoms with E-state index in [2.05, 4.69) is 19.9 Å². The van der Waals surface area contributed by atoms with E-state index in [0.29, 0.717) is 17.6 Å². The summed E-state index contributed by atoms with van der Waals surface area (Å²) in [6, 6.07) is 0. The van der Waals surface area contributed by atoms with Crippen molar-refractivity contribution in [2.75, 3.05) is 0 Å². The Kier molecular flexibility index (Phi) is 3.28. The molecule has 0 bridgehead atoms. The lowest BCUT2D eigenvalue weighted by molar-refractivity contribution is -0.117. The topological polar surface area (TPSA) is 34.1 Å². The van der Waals surface area contributed by atoms with Gasteiger partial charge in [0, 0.05) is 6.42 Å². The lowest BCUT2D eigenvalue weighted by Gasteiger charge is -2.57. The van der Waals surface area contributed by atoms with Crippen LogP contribution in [-0.4, -0.2) is 11.6 Å². The third-order valence-electron chi connectivity index (χ3n) is 7.80. The number of hydrogen-bond acceptors (Lipinski definition) is 2. The molecule has 4 rings (SSSR count). The van der Waals surface area contributed by atoms with Gasteiger partial charge in [-0.3, -0.25) is 9.59 Å². The molecule has 0 radical (unpaired) electrons. The van der Waals surface area contributed by atoms with E-state index >= 15 is 0 Å². The first-order chi connectivity index (χ1) is 10.8. The van der Waals surface area contributed by atoms with Crippen molar-refractivity contribution >= 4 is 11.6 Å². The van der Waals surface area contributed by atoms with Crippen molar-refractivity contribution in [3.8, 4) is 0 Å². The molecule has 0 aromatic rings. The SMILES string of the molecule is CC(=O)C1=C[C@@]2(C)CCC3C(CCC4=CC(=O)CC[C@@]43C)C2C1. The van der Waals surface area contributed by atoms with E-state index in [1.54, 1.807) is 6.92 Å². The molecule has 2 nitrogen and oxygen atoms in total. The van der Waals surface area contributed by atoms with Gasteiger partial charge in [0.2, 0.25) is 0 Å². The Morgan fingerprint density at radius 1 is 1.13 bits per heavy atom. The van der Waals surface area contributed by atoms with Crippen LogP contribution in [0.2, 0.25) is 0 Å². The number of carbonyl (C=O) groups is 2. The lowest BCUT2D eigenvalue weighted by Crippen LogP contribution is -2.49. The maximum atomic E-state index is 11.9. The third-order valence-corrected chi connectivity index (χ3v) is 7.80. The highest BCUT2D eigenvalue weighted by Crippen LogP contribution is 2.64. The summed E-state index contributed by atoms with van der Waals surface area (Å²) >= 11 is 0. The van der Waals surface area contributed by atoms with Crippen LogP contribution >= 0.6 is 0 Å². The number of fused-ring (bicyclic) bond motifs is 5. The average molecular weight is 312 g/mol. The number of carbonyl (C=O) groups excluding carboxylic acids is 2. The summed E-state index contributed by atoms with van der Waals surface area (Å²) in [7, 11) is 0. The van der Waals surface area contributed by atoms with Crippen molar-refractivity contribution in [3.05, 3.63) is 23.3 Å². The molecule has 0 heterocycles. The molecule has 0 saturated heterocycles. The van der Waals surface area contributed by atoms with Gasteiger partial charge in [-0.2, -0.15) is 0 Å². The molecule has 2 fully saturated rings. The van der Waals surface area contributed by atoms with Crippen LogP contribution in [0.15, 0.2) is 23.3 Å². The first kappa shape index (κ1) is 15.4. The number of hydrogen-bond donors (Lipinski definition) is 0. The first-order valence-electron chi connectivity index (χ1n) is 9.30. The molecule has 4 aliphatic rings. The Bertz CT molecular complexity index is 640. The summed E-state index contributed by atoms with van der Waals surface area (Å²) < 4.78 is 0. The summed E-state index contributed by atoms with van der Waals surface area (Å²) in [6.07, 6.45) is 11.8. The van der Waals surface area contributed by atoms with Gasteiger partial charge in [0.05, 0.1) is 0 Å². The van der Waals surface area contributed by atoms with Crippen molar-refractivity contribution in [2.24, 2.45) is 28.6 Å². The average Bonchev–Trinajstić information content (AvgIpc) is 2.86. The zero-order valence-corrected chi connectivity index (χ0v) is 14.7. The normalized spacial score (nSPS) is 45.5. The van der Waals surface area contributed by atoms with E-state index in [4.69, 9.17) is 0 Å².